The van der Waals surface area contributed by atoms with Gasteiger partial charge in [0.05, 0.1) is 5.56 Å². The quantitative estimate of drug-likeness (QED) is 0.822. The van der Waals surface area contributed by atoms with Gasteiger partial charge in [0.1, 0.15) is 0 Å². The highest BCUT2D eigenvalue weighted by molar-refractivity contribution is 5.28. The fraction of sp³-hybridized carbons (Fsp3) is 0.625. The fourth-order valence-electron chi connectivity index (χ4n) is 2.42. The Kier molecular flexibility index (Phi) is 6.68. The molecule has 0 aliphatic heterocycles. The van der Waals surface area contributed by atoms with E-state index in [-0.39, 0.29) is 6.04 Å². The molecule has 2 N–H and O–H groups in total. The fourth-order valence-corrected chi connectivity index (χ4v) is 2.42. The van der Waals surface area contributed by atoms with Crippen LogP contribution in [0.4, 0.5) is 13.2 Å². The van der Waals surface area contributed by atoms with Crippen LogP contribution in [-0.4, -0.2) is 24.5 Å². The molecule has 2 atom stereocenters. The van der Waals surface area contributed by atoms with Crippen LogP contribution in [0.5, 0.6) is 0 Å². The molecule has 0 fully saturated rings. The number of rotatable bonds is 7. The Balaban J connectivity index is 3.02. The molecule has 0 saturated heterocycles. The molecule has 1 aromatic carbocycles. The summed E-state index contributed by atoms with van der Waals surface area (Å²) in [5.74, 6) is 0.491. The first kappa shape index (κ1) is 18.0. The van der Waals surface area contributed by atoms with E-state index in [9.17, 15) is 13.2 Å². The molecule has 2 unspecified atom stereocenters. The zero-order valence-electron chi connectivity index (χ0n) is 13.0. The van der Waals surface area contributed by atoms with Crippen LogP contribution in [0.2, 0.25) is 0 Å². The van der Waals surface area contributed by atoms with Crippen LogP contribution in [0.1, 0.15) is 44.4 Å². The Morgan fingerprint density at radius 3 is 2.38 bits per heavy atom. The molecule has 0 aromatic heterocycles. The van der Waals surface area contributed by atoms with Crippen LogP contribution >= 0.6 is 0 Å². The predicted molar refractivity (Wildman–Crippen MR) is 79.9 cm³/mol. The number of likely N-dealkylation sites (N-methyl/N-ethyl adjacent to an activating group) is 1. The summed E-state index contributed by atoms with van der Waals surface area (Å²) in [4.78, 5) is 2.16. The summed E-state index contributed by atoms with van der Waals surface area (Å²) in [5.41, 5.74) is 5.86. The van der Waals surface area contributed by atoms with Crippen molar-refractivity contribution in [2.45, 2.75) is 39.4 Å². The molecular weight excluding hydrogens is 277 g/mol. The van der Waals surface area contributed by atoms with Crippen molar-refractivity contribution in [1.82, 2.24) is 4.90 Å². The number of nitrogens with zero attached hydrogens (tertiary/aromatic N) is 1. The van der Waals surface area contributed by atoms with Gasteiger partial charge in [-0.3, -0.25) is 4.90 Å². The van der Waals surface area contributed by atoms with Gasteiger partial charge in [-0.2, -0.15) is 13.2 Å². The highest BCUT2D eigenvalue weighted by Crippen LogP contribution is 2.32. The van der Waals surface area contributed by atoms with Gasteiger partial charge in [0.15, 0.2) is 0 Å². The molecule has 21 heavy (non-hydrogen) atoms. The Labute approximate surface area is 125 Å². The van der Waals surface area contributed by atoms with Gasteiger partial charge in [0.25, 0.3) is 0 Å². The van der Waals surface area contributed by atoms with Gasteiger partial charge in [0.2, 0.25) is 0 Å². The minimum atomic E-state index is -4.32. The van der Waals surface area contributed by atoms with Crippen LogP contribution < -0.4 is 5.73 Å². The molecule has 120 valence electrons. The average molecular weight is 302 g/mol. The summed E-state index contributed by atoms with van der Waals surface area (Å²) < 4.78 is 38.5. The van der Waals surface area contributed by atoms with Crippen LogP contribution in [-0.2, 0) is 6.18 Å². The largest absolute Gasteiger partial charge is 0.416 e. The molecule has 0 aliphatic carbocycles. The Morgan fingerprint density at radius 2 is 1.90 bits per heavy atom. The van der Waals surface area contributed by atoms with Crippen molar-refractivity contribution < 1.29 is 13.2 Å². The zero-order valence-corrected chi connectivity index (χ0v) is 13.0. The van der Waals surface area contributed by atoms with Crippen molar-refractivity contribution in [3.8, 4) is 0 Å². The molecule has 0 saturated carbocycles. The van der Waals surface area contributed by atoms with E-state index in [2.05, 4.69) is 18.7 Å². The third-order valence-corrected chi connectivity index (χ3v) is 3.91. The minimum absolute atomic E-state index is 0.175. The normalized spacial score (nSPS) is 15.2. The first-order valence-corrected chi connectivity index (χ1v) is 7.44. The molecule has 1 rings (SSSR count). The topological polar surface area (TPSA) is 29.3 Å². The molecule has 0 aliphatic rings. The summed E-state index contributed by atoms with van der Waals surface area (Å²) in [5, 5.41) is 0. The SMILES string of the molecule is CCC(C)CN(CC)C(CN)c1cccc(C(F)(F)F)c1. The predicted octanol–water partition coefficient (Wildman–Crippen LogP) is 4.07. The summed E-state index contributed by atoms with van der Waals surface area (Å²) >= 11 is 0. The highest BCUT2D eigenvalue weighted by Gasteiger charge is 2.31. The van der Waals surface area contributed by atoms with E-state index in [1.807, 2.05) is 6.92 Å². The lowest BCUT2D eigenvalue weighted by Gasteiger charge is -2.32. The van der Waals surface area contributed by atoms with E-state index in [1.54, 1.807) is 6.07 Å². The number of alkyl halides is 3. The first-order chi connectivity index (χ1) is 9.83. The van der Waals surface area contributed by atoms with Crippen molar-refractivity contribution in [2.75, 3.05) is 19.6 Å². The number of halogens is 3. The van der Waals surface area contributed by atoms with Gasteiger partial charge in [-0.1, -0.05) is 39.3 Å². The van der Waals surface area contributed by atoms with E-state index >= 15 is 0 Å². The molecule has 1 aromatic rings. The standard InChI is InChI=1S/C16H25F3N2/c1-4-12(3)11-21(5-2)15(10-20)13-7-6-8-14(9-13)16(17,18)19/h6-9,12,15H,4-5,10-11,20H2,1-3H3. The number of nitrogens with two attached hydrogens (primary N) is 1. The summed E-state index contributed by atoms with van der Waals surface area (Å²) in [7, 11) is 0. The van der Waals surface area contributed by atoms with Crippen LogP contribution in [0.15, 0.2) is 24.3 Å². The van der Waals surface area contributed by atoms with Gasteiger partial charge in [0, 0.05) is 19.1 Å². The van der Waals surface area contributed by atoms with Gasteiger partial charge >= 0.3 is 6.18 Å². The molecule has 0 heterocycles. The summed E-state index contributed by atoms with van der Waals surface area (Å²) in [6.07, 6.45) is -3.28. The van der Waals surface area contributed by atoms with Crippen LogP contribution in [0.3, 0.4) is 0 Å². The number of hydrogen-bond acceptors (Lipinski definition) is 2. The third kappa shape index (κ3) is 5.00. The highest BCUT2D eigenvalue weighted by atomic mass is 19.4. The molecule has 0 radical (unpaired) electrons. The monoisotopic (exact) mass is 302 g/mol. The van der Waals surface area contributed by atoms with E-state index < -0.39 is 11.7 Å². The lowest BCUT2D eigenvalue weighted by molar-refractivity contribution is -0.137. The smallest absolute Gasteiger partial charge is 0.329 e. The Hall–Kier alpha value is -1.07. The second-order valence-corrected chi connectivity index (χ2v) is 5.48. The second-order valence-electron chi connectivity index (χ2n) is 5.48. The maximum absolute atomic E-state index is 12.8. The second kappa shape index (κ2) is 7.80. The van der Waals surface area contributed by atoms with Gasteiger partial charge in [-0.15, -0.1) is 0 Å². The third-order valence-electron chi connectivity index (χ3n) is 3.91. The molecule has 0 amide bonds. The van der Waals surface area contributed by atoms with Crippen molar-refractivity contribution in [3.05, 3.63) is 35.4 Å². The summed E-state index contributed by atoms with van der Waals surface area (Å²) in [6.45, 7) is 8.18. The maximum Gasteiger partial charge on any atom is 0.416 e. The van der Waals surface area contributed by atoms with Crippen molar-refractivity contribution in [2.24, 2.45) is 11.7 Å². The zero-order chi connectivity index (χ0) is 16.0. The molecule has 0 bridgehead atoms. The van der Waals surface area contributed by atoms with Crippen molar-refractivity contribution in [1.29, 1.82) is 0 Å². The van der Waals surface area contributed by atoms with Crippen LogP contribution in [0.25, 0.3) is 0 Å². The molecule has 0 spiro atoms. The van der Waals surface area contributed by atoms with Gasteiger partial charge in [-0.05, 0) is 30.2 Å². The lowest BCUT2D eigenvalue weighted by Crippen LogP contribution is -2.36. The Bertz CT molecular complexity index is 432. The first-order valence-electron chi connectivity index (χ1n) is 7.44. The minimum Gasteiger partial charge on any atom is -0.329 e. The van der Waals surface area contributed by atoms with E-state index in [0.717, 1.165) is 25.6 Å². The van der Waals surface area contributed by atoms with Gasteiger partial charge in [-0.25, -0.2) is 0 Å². The maximum atomic E-state index is 12.8. The van der Waals surface area contributed by atoms with Crippen molar-refractivity contribution in [3.63, 3.8) is 0 Å². The molecule has 5 heteroatoms. The Morgan fingerprint density at radius 1 is 1.24 bits per heavy atom. The van der Waals surface area contributed by atoms with E-state index in [1.165, 1.54) is 12.1 Å². The van der Waals surface area contributed by atoms with Gasteiger partial charge < -0.3 is 5.73 Å². The molecular formula is C16H25F3N2. The van der Waals surface area contributed by atoms with E-state index in [4.69, 9.17) is 5.73 Å². The van der Waals surface area contributed by atoms with Crippen LogP contribution in [0, 0.1) is 5.92 Å². The lowest BCUT2D eigenvalue weighted by atomic mass is 10.00. The average Bonchev–Trinajstić information content (AvgIpc) is 2.46. The van der Waals surface area contributed by atoms with E-state index in [0.29, 0.717) is 18.0 Å². The number of benzene rings is 1. The summed E-state index contributed by atoms with van der Waals surface area (Å²) in [6, 6.07) is 5.33. The molecule has 2 nitrogen and oxygen atoms in total. The number of hydrogen-bond donors (Lipinski definition) is 1. The van der Waals surface area contributed by atoms with Crippen molar-refractivity contribution >= 4 is 0 Å².